The minimum absolute atomic E-state index is 0.0205. The molecule has 3 aliphatic heterocycles. The van der Waals surface area contributed by atoms with Crippen molar-refractivity contribution in [3.63, 3.8) is 0 Å². The number of urea groups is 1. The molecule has 0 bridgehead atoms. The molecule has 0 saturated carbocycles. The second-order valence-electron chi connectivity index (χ2n) is 17.3. The normalized spacial score (nSPS) is 17.2. The number of carbonyl (C=O) groups is 3. The van der Waals surface area contributed by atoms with Gasteiger partial charge in [-0.1, -0.05) is 38.1 Å². The first kappa shape index (κ1) is 42.2. The number of rotatable bonds is 11. The van der Waals surface area contributed by atoms with Crippen LogP contribution in [0.15, 0.2) is 71.6 Å². The number of imide groups is 1. The van der Waals surface area contributed by atoms with E-state index in [1.807, 2.05) is 77.2 Å². The van der Waals surface area contributed by atoms with Crippen LogP contribution in [0.5, 0.6) is 0 Å². The van der Waals surface area contributed by atoms with E-state index in [4.69, 9.17) is 4.52 Å². The van der Waals surface area contributed by atoms with E-state index in [1.54, 1.807) is 11.0 Å². The number of hydrogen-bond acceptors (Lipinski definition) is 13. The lowest BCUT2D eigenvalue weighted by atomic mass is 9.95. The van der Waals surface area contributed by atoms with Crippen LogP contribution < -0.4 is 30.7 Å². The minimum atomic E-state index is -0.598. The Morgan fingerprint density at radius 3 is 2.27 bits per heavy atom. The van der Waals surface area contributed by atoms with Crippen LogP contribution in [0.3, 0.4) is 0 Å². The fraction of sp³-hybridized carbons (Fsp3) is 0.422. The van der Waals surface area contributed by atoms with Gasteiger partial charge in [-0.05, 0) is 86.2 Å². The zero-order chi connectivity index (χ0) is 43.5. The summed E-state index contributed by atoms with van der Waals surface area (Å²) in [7, 11) is 0. The topological polar surface area (TPSA) is 178 Å². The Bertz CT molecular complexity index is 2400. The van der Waals surface area contributed by atoms with Crippen LogP contribution in [0.2, 0.25) is 0 Å². The number of piperidine rings is 1. The van der Waals surface area contributed by atoms with Gasteiger partial charge in [0, 0.05) is 81.1 Å². The Morgan fingerprint density at radius 2 is 1.61 bits per heavy atom. The summed E-state index contributed by atoms with van der Waals surface area (Å²) in [5.41, 5.74) is 5.02. The smallest absolute Gasteiger partial charge is 0.328 e. The Labute approximate surface area is 360 Å². The van der Waals surface area contributed by atoms with E-state index in [1.165, 1.54) is 6.33 Å². The van der Waals surface area contributed by atoms with Crippen molar-refractivity contribution in [3.05, 3.63) is 95.8 Å². The highest BCUT2D eigenvalue weighted by molar-refractivity contribution is 6.05. The third-order valence-electron chi connectivity index (χ3n) is 11.9. The molecule has 17 heteroatoms. The van der Waals surface area contributed by atoms with Crippen molar-refractivity contribution in [3.8, 4) is 11.3 Å². The van der Waals surface area contributed by atoms with Gasteiger partial charge in [-0.3, -0.25) is 24.7 Å². The molecule has 1 atom stereocenters. The van der Waals surface area contributed by atoms with Gasteiger partial charge >= 0.3 is 17.8 Å². The highest BCUT2D eigenvalue weighted by atomic mass is 19.1. The van der Waals surface area contributed by atoms with Crippen LogP contribution in [0, 0.1) is 18.7 Å². The molecule has 4 amide bonds. The molecule has 3 N–H and O–H groups in total. The molecule has 62 heavy (non-hydrogen) atoms. The molecule has 3 aliphatic rings. The van der Waals surface area contributed by atoms with Crippen molar-refractivity contribution >= 4 is 46.5 Å². The molecular weight excluding hydrogens is 792 g/mol. The summed E-state index contributed by atoms with van der Waals surface area (Å²) >= 11 is 0. The highest BCUT2D eigenvalue weighted by Crippen LogP contribution is 2.31. The number of piperazine rings is 1. The number of pyridine rings is 1. The number of nitrogens with zero attached hydrogens (tertiary/aromatic N) is 9. The zero-order valence-electron chi connectivity index (χ0n) is 35.8. The summed E-state index contributed by atoms with van der Waals surface area (Å²) in [5, 5.41) is 12.3. The van der Waals surface area contributed by atoms with Crippen LogP contribution in [0.1, 0.15) is 80.6 Å². The van der Waals surface area contributed by atoms with Gasteiger partial charge < -0.3 is 25.0 Å². The summed E-state index contributed by atoms with van der Waals surface area (Å²) in [6.45, 7) is 16.8. The van der Waals surface area contributed by atoms with Gasteiger partial charge in [-0.2, -0.15) is 4.98 Å². The van der Waals surface area contributed by atoms with E-state index in [-0.39, 0.29) is 40.8 Å². The number of anilines is 5. The van der Waals surface area contributed by atoms with Crippen molar-refractivity contribution in [2.45, 2.75) is 65.3 Å². The Balaban J connectivity index is 0.797. The molecule has 0 radical (unpaired) electrons. The summed E-state index contributed by atoms with van der Waals surface area (Å²) in [6.07, 6.45) is 5.70. The maximum absolute atomic E-state index is 15.9. The van der Waals surface area contributed by atoms with Crippen molar-refractivity contribution in [1.29, 1.82) is 0 Å². The number of amides is 4. The molecule has 324 valence electrons. The van der Waals surface area contributed by atoms with E-state index < -0.39 is 11.7 Å². The lowest BCUT2D eigenvalue weighted by molar-refractivity contribution is -0.120. The molecule has 5 aromatic rings. The number of hydrogen-bond donors (Lipinski definition) is 3. The predicted molar refractivity (Wildman–Crippen MR) is 234 cm³/mol. The van der Waals surface area contributed by atoms with Crippen molar-refractivity contribution in [2.24, 2.45) is 5.92 Å². The van der Waals surface area contributed by atoms with Crippen LogP contribution >= 0.6 is 0 Å². The largest absolute Gasteiger partial charge is 0.372 e. The molecule has 16 nitrogen and oxygen atoms in total. The molecule has 0 aliphatic carbocycles. The first-order chi connectivity index (χ1) is 29.8. The standard InChI is InChI=1S/C45H53FN12O4/c1-28-24-31(6-12-35(28)29(2)50-41(60)42-53-43(54-62-42)45(3,4)5)39-38(46)40(49-27-48-39)51-36-13-11-34(25-47-36)57-22-20-55(21-23-57)26-30-14-17-56(18-15-30)32-7-9-33(10-8-32)58-19-16-37(59)52-44(58)61/h6-13,24-25,27,29-30H,14-23,26H2,1-5H3,(H,50,60)(H,52,59,61)(H,47,48,49,51)/t29-/m1/s1. The molecule has 2 aromatic carbocycles. The number of halogens is 1. The summed E-state index contributed by atoms with van der Waals surface area (Å²) in [5.74, 6) is 0.177. The highest BCUT2D eigenvalue weighted by Gasteiger charge is 2.28. The molecule has 8 rings (SSSR count). The van der Waals surface area contributed by atoms with Crippen molar-refractivity contribution in [1.82, 2.24) is 40.6 Å². The Morgan fingerprint density at radius 1 is 0.903 bits per heavy atom. The van der Waals surface area contributed by atoms with E-state index in [9.17, 15) is 14.4 Å². The number of benzene rings is 2. The number of aromatic nitrogens is 5. The SMILES string of the molecule is Cc1cc(-c2ncnc(Nc3ccc(N4CCN(CC5CCN(c6ccc(N7CCC(=O)NC7=O)cc6)CC5)CC4)cn3)c2F)ccc1[C@@H](C)NC(=O)c1nc(C(C)(C)C)no1. The first-order valence-electron chi connectivity index (χ1n) is 21.2. The maximum atomic E-state index is 15.9. The van der Waals surface area contributed by atoms with Crippen molar-refractivity contribution in [2.75, 3.05) is 72.4 Å². The van der Waals surface area contributed by atoms with Gasteiger partial charge in [0.25, 0.3) is 0 Å². The second kappa shape index (κ2) is 17.8. The third-order valence-corrected chi connectivity index (χ3v) is 11.9. The Hall–Kier alpha value is -6.49. The quantitative estimate of drug-likeness (QED) is 0.134. The lowest BCUT2D eigenvalue weighted by Crippen LogP contribution is -2.49. The van der Waals surface area contributed by atoms with Gasteiger partial charge in [0.05, 0.1) is 17.9 Å². The van der Waals surface area contributed by atoms with Crippen LogP contribution in [0.4, 0.5) is 37.9 Å². The van der Waals surface area contributed by atoms with E-state index in [2.05, 4.69) is 67.9 Å². The second-order valence-corrected chi connectivity index (χ2v) is 17.3. The fourth-order valence-electron chi connectivity index (χ4n) is 8.27. The predicted octanol–water partition coefficient (Wildman–Crippen LogP) is 6.39. The summed E-state index contributed by atoms with van der Waals surface area (Å²) < 4.78 is 21.1. The summed E-state index contributed by atoms with van der Waals surface area (Å²) in [4.78, 5) is 62.8. The minimum Gasteiger partial charge on any atom is -0.372 e. The Kier molecular flexibility index (Phi) is 12.2. The molecule has 3 fully saturated rings. The molecule has 3 aromatic heterocycles. The molecule has 0 unspecified atom stereocenters. The van der Waals surface area contributed by atoms with Gasteiger partial charge in [-0.15, -0.1) is 0 Å². The average Bonchev–Trinajstić information content (AvgIpc) is 3.78. The van der Waals surface area contributed by atoms with Gasteiger partial charge in [0.1, 0.15) is 17.8 Å². The number of aryl methyl sites for hydroxylation is 1. The lowest BCUT2D eigenvalue weighted by Gasteiger charge is -2.40. The zero-order valence-corrected chi connectivity index (χ0v) is 35.8. The van der Waals surface area contributed by atoms with Crippen LogP contribution in [-0.4, -0.2) is 100 Å². The first-order valence-corrected chi connectivity index (χ1v) is 21.2. The van der Waals surface area contributed by atoms with Crippen LogP contribution in [-0.2, 0) is 10.2 Å². The van der Waals surface area contributed by atoms with E-state index >= 15 is 4.39 Å². The van der Waals surface area contributed by atoms with Crippen LogP contribution in [0.25, 0.3) is 11.3 Å². The molecule has 3 saturated heterocycles. The third kappa shape index (κ3) is 9.52. The number of carbonyl (C=O) groups excluding carboxylic acids is 3. The molecule has 6 heterocycles. The monoisotopic (exact) mass is 844 g/mol. The fourth-order valence-corrected chi connectivity index (χ4v) is 8.27. The van der Waals surface area contributed by atoms with Gasteiger partial charge in [-0.25, -0.2) is 24.1 Å². The maximum Gasteiger partial charge on any atom is 0.328 e. The molecule has 0 spiro atoms. The molecular formula is C45H53FN12O4. The van der Waals surface area contributed by atoms with Gasteiger partial charge in [0.15, 0.2) is 17.5 Å². The van der Waals surface area contributed by atoms with Gasteiger partial charge in [0.2, 0.25) is 5.91 Å². The van der Waals surface area contributed by atoms with E-state index in [0.29, 0.717) is 36.1 Å². The average molecular weight is 845 g/mol. The number of nitrogens with one attached hydrogen (secondary N) is 3. The van der Waals surface area contributed by atoms with E-state index in [0.717, 1.165) is 86.8 Å². The van der Waals surface area contributed by atoms with Crippen molar-refractivity contribution < 1.29 is 23.3 Å². The summed E-state index contributed by atoms with van der Waals surface area (Å²) in [6, 6.07) is 16.6.